The van der Waals surface area contributed by atoms with Gasteiger partial charge in [0.05, 0.1) is 41.9 Å². The fourth-order valence-electron chi connectivity index (χ4n) is 3.40. The lowest BCUT2D eigenvalue weighted by Crippen LogP contribution is -2.36. The zero-order valence-corrected chi connectivity index (χ0v) is 17.1. The van der Waals surface area contributed by atoms with Gasteiger partial charge in [0, 0.05) is 19.6 Å². The molecule has 3 heterocycles. The fourth-order valence-corrected chi connectivity index (χ4v) is 3.82. The fraction of sp³-hybridized carbons (Fsp3) is 0.421. The van der Waals surface area contributed by atoms with E-state index in [0.29, 0.717) is 47.9 Å². The minimum absolute atomic E-state index is 0.213. The number of hydrogen-bond donors (Lipinski definition) is 2. The number of aliphatic hydroxyl groups excluding tert-OH is 1. The Bertz CT molecular complexity index is 873. The molecule has 4 rings (SSSR count). The molecule has 2 aliphatic heterocycles. The summed E-state index contributed by atoms with van der Waals surface area (Å²) >= 11 is 3.28. The van der Waals surface area contributed by atoms with Gasteiger partial charge in [-0.05, 0) is 40.2 Å². The lowest BCUT2D eigenvalue weighted by atomic mass is 10.2. The molecule has 2 atom stereocenters. The number of furan rings is 1. The highest BCUT2D eigenvalue weighted by atomic mass is 79.9. The minimum atomic E-state index is -1.04. The summed E-state index contributed by atoms with van der Waals surface area (Å²) in [5.41, 5.74) is 0.927. The van der Waals surface area contributed by atoms with Gasteiger partial charge < -0.3 is 23.9 Å². The van der Waals surface area contributed by atoms with Crippen LogP contribution in [-0.4, -0.2) is 56.7 Å². The highest BCUT2D eigenvalue weighted by Gasteiger charge is 2.33. The quantitative estimate of drug-likeness (QED) is 0.628. The summed E-state index contributed by atoms with van der Waals surface area (Å²) in [5.74, 6) is -0.0520. The molecule has 0 radical (unpaired) electrons. The van der Waals surface area contributed by atoms with Crippen molar-refractivity contribution in [3.8, 4) is 0 Å². The zero-order valence-electron chi connectivity index (χ0n) is 15.5. The van der Waals surface area contributed by atoms with E-state index in [1.165, 1.54) is 17.2 Å². The molecule has 29 heavy (non-hydrogen) atoms. The topological polar surface area (TPSA) is 87.4 Å². The lowest BCUT2D eigenvalue weighted by molar-refractivity contribution is 0.0869. The van der Waals surface area contributed by atoms with Gasteiger partial charge in [-0.1, -0.05) is 0 Å². The van der Waals surface area contributed by atoms with E-state index in [1.54, 1.807) is 18.2 Å². The standard InChI is InChI=1S/C19H21BrFN3O5/c20-14-3-6-28-17(14)18(25)22-10-13-11-24(19(26)29-13)12-1-2-16(15(21)9-12)23-4-7-27-8-5-23/h1-3,6,9,13,18,22,25H,4-5,7-8,10-11H2/t13-,18?/m0/s1. The maximum Gasteiger partial charge on any atom is 0.414 e. The Balaban J connectivity index is 1.37. The largest absolute Gasteiger partial charge is 0.464 e. The second-order valence-electron chi connectivity index (χ2n) is 6.80. The summed E-state index contributed by atoms with van der Waals surface area (Å²) in [4.78, 5) is 15.6. The summed E-state index contributed by atoms with van der Waals surface area (Å²) in [7, 11) is 0. The van der Waals surface area contributed by atoms with E-state index in [9.17, 15) is 14.3 Å². The molecule has 1 unspecified atom stereocenters. The van der Waals surface area contributed by atoms with E-state index in [-0.39, 0.29) is 13.1 Å². The van der Waals surface area contributed by atoms with Crippen molar-refractivity contribution < 1.29 is 28.2 Å². The molecule has 0 spiro atoms. The summed E-state index contributed by atoms with van der Waals surface area (Å²) in [6.07, 6.45) is -0.634. The smallest absolute Gasteiger partial charge is 0.414 e. The molecule has 0 saturated carbocycles. The van der Waals surface area contributed by atoms with Gasteiger partial charge in [0.2, 0.25) is 0 Å². The summed E-state index contributed by atoms with van der Waals surface area (Å²) in [6, 6.07) is 6.40. The van der Waals surface area contributed by atoms with Crippen LogP contribution in [0.1, 0.15) is 12.0 Å². The molecular formula is C19H21BrFN3O5. The van der Waals surface area contributed by atoms with Crippen LogP contribution in [-0.2, 0) is 9.47 Å². The number of nitrogens with zero attached hydrogens (tertiary/aromatic N) is 2. The number of amides is 1. The van der Waals surface area contributed by atoms with Crippen molar-refractivity contribution in [2.45, 2.75) is 12.3 Å². The second kappa shape index (κ2) is 8.70. The van der Waals surface area contributed by atoms with Gasteiger partial charge in [-0.2, -0.15) is 0 Å². The molecule has 2 N–H and O–H groups in total. The highest BCUT2D eigenvalue weighted by Crippen LogP contribution is 2.29. The average Bonchev–Trinajstić information content (AvgIpc) is 3.32. The molecule has 1 aromatic carbocycles. The average molecular weight is 470 g/mol. The molecule has 10 heteroatoms. The number of rotatable bonds is 6. The molecule has 2 aliphatic rings. The molecule has 1 amide bonds. The minimum Gasteiger partial charge on any atom is -0.464 e. The van der Waals surface area contributed by atoms with Crippen LogP contribution in [0.25, 0.3) is 0 Å². The maximum atomic E-state index is 14.6. The molecule has 2 saturated heterocycles. The number of carbonyl (C=O) groups is 1. The van der Waals surface area contributed by atoms with Crippen LogP contribution in [0, 0.1) is 5.82 Å². The first-order valence-electron chi connectivity index (χ1n) is 9.27. The van der Waals surface area contributed by atoms with Crippen molar-refractivity contribution >= 4 is 33.4 Å². The Labute approximate surface area is 175 Å². The van der Waals surface area contributed by atoms with Gasteiger partial charge >= 0.3 is 6.09 Å². The van der Waals surface area contributed by atoms with Gasteiger partial charge in [0.15, 0.2) is 12.0 Å². The molecular weight excluding hydrogens is 449 g/mol. The van der Waals surface area contributed by atoms with Gasteiger partial charge in [-0.3, -0.25) is 10.2 Å². The molecule has 0 aliphatic carbocycles. The van der Waals surface area contributed by atoms with E-state index in [2.05, 4.69) is 21.2 Å². The van der Waals surface area contributed by atoms with Crippen molar-refractivity contribution in [2.75, 3.05) is 49.2 Å². The number of nitrogens with one attached hydrogen (secondary N) is 1. The first-order chi connectivity index (χ1) is 14.0. The van der Waals surface area contributed by atoms with Crippen LogP contribution in [0.5, 0.6) is 0 Å². The zero-order chi connectivity index (χ0) is 20.4. The molecule has 2 aromatic rings. The Morgan fingerprint density at radius 2 is 2.10 bits per heavy atom. The van der Waals surface area contributed by atoms with Crippen LogP contribution < -0.4 is 15.1 Å². The molecule has 2 fully saturated rings. The molecule has 1 aromatic heterocycles. The van der Waals surface area contributed by atoms with Crippen LogP contribution in [0.2, 0.25) is 0 Å². The van der Waals surface area contributed by atoms with Crippen molar-refractivity contribution in [2.24, 2.45) is 0 Å². The third kappa shape index (κ3) is 4.40. The molecule has 156 valence electrons. The van der Waals surface area contributed by atoms with E-state index < -0.39 is 24.2 Å². The normalized spacial score (nSPS) is 20.8. The van der Waals surface area contributed by atoms with Crippen molar-refractivity contribution in [3.05, 3.63) is 46.6 Å². The SMILES string of the molecule is O=C1O[C@@H](CNC(O)c2occc2Br)CN1c1ccc(N2CCOCC2)c(F)c1. The Morgan fingerprint density at radius 1 is 1.31 bits per heavy atom. The van der Waals surface area contributed by atoms with E-state index in [1.807, 2.05) is 4.90 Å². The Hall–Kier alpha value is -2.14. The van der Waals surface area contributed by atoms with Gasteiger partial charge in [0.1, 0.15) is 11.9 Å². The first-order valence-corrected chi connectivity index (χ1v) is 10.1. The number of cyclic esters (lactones) is 1. The predicted molar refractivity (Wildman–Crippen MR) is 106 cm³/mol. The molecule has 0 bridgehead atoms. The number of morpholine rings is 1. The van der Waals surface area contributed by atoms with Crippen molar-refractivity contribution in [1.29, 1.82) is 0 Å². The van der Waals surface area contributed by atoms with Crippen molar-refractivity contribution in [1.82, 2.24) is 5.32 Å². The highest BCUT2D eigenvalue weighted by molar-refractivity contribution is 9.10. The Morgan fingerprint density at radius 3 is 2.79 bits per heavy atom. The first kappa shape index (κ1) is 20.1. The maximum absolute atomic E-state index is 14.6. The number of anilines is 2. The van der Waals surface area contributed by atoms with Gasteiger partial charge in [0.25, 0.3) is 0 Å². The van der Waals surface area contributed by atoms with Crippen LogP contribution >= 0.6 is 15.9 Å². The third-order valence-electron chi connectivity index (χ3n) is 4.90. The number of carbonyl (C=O) groups excluding carboxylic acids is 1. The van der Waals surface area contributed by atoms with E-state index in [4.69, 9.17) is 13.9 Å². The van der Waals surface area contributed by atoms with E-state index in [0.717, 1.165) is 0 Å². The summed E-state index contributed by atoms with van der Waals surface area (Å²) in [6.45, 7) is 2.84. The van der Waals surface area contributed by atoms with E-state index >= 15 is 0 Å². The summed E-state index contributed by atoms with van der Waals surface area (Å²) < 4.78 is 31.1. The van der Waals surface area contributed by atoms with Gasteiger partial charge in [-0.15, -0.1) is 0 Å². The van der Waals surface area contributed by atoms with Crippen LogP contribution in [0.15, 0.2) is 39.4 Å². The second-order valence-corrected chi connectivity index (χ2v) is 7.65. The monoisotopic (exact) mass is 469 g/mol. The number of hydrogen-bond acceptors (Lipinski definition) is 7. The molecule has 8 nitrogen and oxygen atoms in total. The Kier molecular flexibility index (Phi) is 6.04. The third-order valence-corrected chi connectivity index (χ3v) is 5.56. The van der Waals surface area contributed by atoms with Crippen LogP contribution in [0.3, 0.4) is 0 Å². The number of aliphatic hydroxyl groups is 1. The lowest BCUT2D eigenvalue weighted by Gasteiger charge is -2.29. The van der Waals surface area contributed by atoms with Gasteiger partial charge in [-0.25, -0.2) is 9.18 Å². The predicted octanol–water partition coefficient (Wildman–Crippen LogP) is 2.62. The number of benzene rings is 1. The van der Waals surface area contributed by atoms with Crippen LogP contribution in [0.4, 0.5) is 20.6 Å². The summed E-state index contributed by atoms with van der Waals surface area (Å²) in [5, 5.41) is 13.0. The number of halogens is 2. The number of ether oxygens (including phenoxy) is 2. The van der Waals surface area contributed by atoms with Crippen molar-refractivity contribution in [3.63, 3.8) is 0 Å².